The summed E-state index contributed by atoms with van der Waals surface area (Å²) in [7, 11) is 0. The van der Waals surface area contributed by atoms with E-state index in [2.05, 4.69) is 10.6 Å². The van der Waals surface area contributed by atoms with Gasteiger partial charge in [-0.05, 0) is 98.6 Å². The number of aromatic nitrogens is 2. The second kappa shape index (κ2) is 9.55. The fourth-order valence-corrected chi connectivity index (χ4v) is 8.17. The summed E-state index contributed by atoms with van der Waals surface area (Å²) in [4.78, 5) is 13.7. The average Bonchev–Trinajstić information content (AvgIpc) is 3.51. The van der Waals surface area contributed by atoms with Crippen molar-refractivity contribution in [3.8, 4) is 5.69 Å². The third kappa shape index (κ3) is 4.59. The van der Waals surface area contributed by atoms with Crippen LogP contribution in [0.15, 0.2) is 66.9 Å². The van der Waals surface area contributed by atoms with Crippen LogP contribution >= 0.6 is 12.4 Å². The number of carbonyl (C=O) groups excluding carboxylic acids is 1. The molecule has 2 aromatic carbocycles. The van der Waals surface area contributed by atoms with E-state index in [0.717, 1.165) is 54.0 Å². The Bertz CT molecular complexity index is 1240. The van der Waals surface area contributed by atoms with Crippen molar-refractivity contribution in [2.24, 2.45) is 17.8 Å². The number of hydrogen-bond donors (Lipinski definition) is 2. The van der Waals surface area contributed by atoms with Crippen molar-refractivity contribution >= 4 is 18.3 Å². The van der Waals surface area contributed by atoms with Gasteiger partial charge in [-0.1, -0.05) is 30.3 Å². The minimum Gasteiger partial charge on any atom is -0.349 e. The van der Waals surface area contributed by atoms with Crippen LogP contribution in [0, 0.1) is 23.6 Å². The summed E-state index contributed by atoms with van der Waals surface area (Å²) in [5.41, 5.74) is 2.76. The molecule has 0 spiro atoms. The molecule has 5 aliphatic rings. The van der Waals surface area contributed by atoms with Gasteiger partial charge in [-0.15, -0.1) is 12.4 Å². The lowest BCUT2D eigenvalue weighted by Crippen LogP contribution is -2.62. The van der Waals surface area contributed by atoms with E-state index in [1.807, 2.05) is 53.3 Å². The maximum atomic E-state index is 14.2. The molecule has 0 unspecified atom stereocenters. The summed E-state index contributed by atoms with van der Waals surface area (Å²) in [6.45, 7) is 0. The molecule has 2 N–H and O–H groups in total. The van der Waals surface area contributed by atoms with Crippen molar-refractivity contribution in [1.82, 2.24) is 20.4 Å². The van der Waals surface area contributed by atoms with Gasteiger partial charge in [-0.2, -0.15) is 5.10 Å². The first-order valence-electron chi connectivity index (χ1n) is 13.5. The molecule has 1 saturated heterocycles. The van der Waals surface area contributed by atoms with Crippen molar-refractivity contribution in [1.29, 1.82) is 0 Å². The second-order valence-corrected chi connectivity index (χ2v) is 11.8. The first kappa shape index (κ1) is 24.6. The number of hydrogen-bond acceptors (Lipinski definition) is 3. The average molecular weight is 521 g/mol. The normalized spacial score (nSPS) is 33.8. The van der Waals surface area contributed by atoms with Crippen molar-refractivity contribution in [2.75, 3.05) is 0 Å². The zero-order valence-corrected chi connectivity index (χ0v) is 21.7. The molecular formula is C30H34ClFN4O. The number of para-hydroxylation sites is 1. The van der Waals surface area contributed by atoms with E-state index in [-0.39, 0.29) is 47.7 Å². The first-order valence-corrected chi connectivity index (χ1v) is 13.5. The lowest BCUT2D eigenvalue weighted by Gasteiger charge is -2.57. The monoisotopic (exact) mass is 520 g/mol. The van der Waals surface area contributed by atoms with Crippen molar-refractivity contribution in [3.05, 3.63) is 83.9 Å². The molecule has 4 saturated carbocycles. The highest BCUT2D eigenvalue weighted by Gasteiger charge is 2.52. The molecule has 8 rings (SSSR count). The highest BCUT2D eigenvalue weighted by molar-refractivity contribution is 5.85. The third-order valence-corrected chi connectivity index (χ3v) is 9.23. The van der Waals surface area contributed by atoms with E-state index in [0.29, 0.717) is 6.42 Å². The summed E-state index contributed by atoms with van der Waals surface area (Å²) in [6, 6.07) is 18.3. The Morgan fingerprint density at radius 1 is 0.946 bits per heavy atom. The van der Waals surface area contributed by atoms with Crippen LogP contribution in [-0.4, -0.2) is 27.3 Å². The molecule has 3 aromatic rings. The third-order valence-electron chi connectivity index (χ3n) is 9.23. The molecule has 5 fully saturated rings. The number of nitrogens with one attached hydrogen (secondary N) is 2. The molecule has 4 bridgehead atoms. The van der Waals surface area contributed by atoms with Gasteiger partial charge in [-0.25, -0.2) is 9.07 Å². The van der Waals surface area contributed by atoms with E-state index in [4.69, 9.17) is 5.10 Å². The molecule has 194 valence electrons. The predicted molar refractivity (Wildman–Crippen MR) is 143 cm³/mol. The minimum atomic E-state index is -0.321. The van der Waals surface area contributed by atoms with Crippen LogP contribution < -0.4 is 10.6 Å². The Kier molecular flexibility index (Phi) is 6.36. The molecule has 1 aliphatic heterocycles. The molecule has 7 heteroatoms. The zero-order valence-electron chi connectivity index (χ0n) is 20.9. The molecule has 1 aromatic heterocycles. The Morgan fingerprint density at radius 2 is 1.65 bits per heavy atom. The molecule has 4 aliphatic carbocycles. The van der Waals surface area contributed by atoms with Gasteiger partial charge in [0.1, 0.15) is 5.82 Å². The topological polar surface area (TPSA) is 59.0 Å². The smallest absolute Gasteiger partial charge is 0.237 e. The van der Waals surface area contributed by atoms with Crippen molar-refractivity contribution in [2.45, 2.75) is 68.5 Å². The fourth-order valence-electron chi connectivity index (χ4n) is 8.17. The van der Waals surface area contributed by atoms with Gasteiger partial charge in [0, 0.05) is 23.7 Å². The number of benzene rings is 2. The number of rotatable bonds is 5. The Balaban J connectivity index is 0.00000252. The maximum Gasteiger partial charge on any atom is 0.237 e. The van der Waals surface area contributed by atoms with Gasteiger partial charge in [0.05, 0.1) is 17.4 Å². The largest absolute Gasteiger partial charge is 0.349 e. The van der Waals surface area contributed by atoms with E-state index in [9.17, 15) is 9.18 Å². The van der Waals surface area contributed by atoms with Crippen molar-refractivity contribution in [3.63, 3.8) is 0 Å². The summed E-state index contributed by atoms with van der Waals surface area (Å²) in [5, 5.41) is 12.0. The van der Waals surface area contributed by atoms with E-state index < -0.39 is 0 Å². The standard InChI is InChI=1S/C30H33FN4O.ClH/c31-23-6-4-5-22(14-23)28-25(26-9-10-35(34-26)24-7-2-1-3-8-24)15-27(32-28)29(36)33-30-16-19-11-20(17-30)13-21(12-19)18-30;/h1-10,14,19-21,25,27-28,32H,11-13,15-18H2,(H,33,36);1H/t19?,20?,21?,25-,27+,28+,30?;/m1./s1. The highest BCUT2D eigenvalue weighted by Crippen LogP contribution is 2.55. The summed E-state index contributed by atoms with van der Waals surface area (Å²) < 4.78 is 16.1. The number of halogens is 2. The van der Waals surface area contributed by atoms with E-state index in [1.165, 1.54) is 25.3 Å². The predicted octanol–water partition coefficient (Wildman–Crippen LogP) is 5.71. The number of nitrogens with zero attached hydrogens (tertiary/aromatic N) is 2. The van der Waals surface area contributed by atoms with E-state index in [1.54, 1.807) is 12.1 Å². The summed E-state index contributed by atoms with van der Waals surface area (Å²) in [6.07, 6.45) is 10.1. The number of amides is 1. The van der Waals surface area contributed by atoms with Crippen LogP contribution in [0.5, 0.6) is 0 Å². The lowest BCUT2D eigenvalue weighted by atomic mass is 9.53. The van der Waals surface area contributed by atoms with Crippen LogP contribution in [0.4, 0.5) is 4.39 Å². The molecule has 5 nitrogen and oxygen atoms in total. The SMILES string of the molecule is Cl.O=C(NC12CC3CC(CC(C3)C1)C2)[C@@H]1C[C@H](c2ccn(-c3ccccc3)n2)[C@H](c2cccc(F)c2)N1. The minimum absolute atomic E-state index is 0. The Morgan fingerprint density at radius 3 is 2.32 bits per heavy atom. The van der Waals surface area contributed by atoms with Crippen LogP contribution in [0.2, 0.25) is 0 Å². The van der Waals surface area contributed by atoms with Gasteiger partial charge in [0.25, 0.3) is 0 Å². The first-order chi connectivity index (χ1) is 17.5. The van der Waals surface area contributed by atoms with Gasteiger partial charge in [0.2, 0.25) is 5.91 Å². The molecule has 3 atom stereocenters. The number of carbonyl (C=O) groups is 1. The van der Waals surface area contributed by atoms with Gasteiger partial charge in [0.15, 0.2) is 0 Å². The molecule has 2 heterocycles. The van der Waals surface area contributed by atoms with Crippen molar-refractivity contribution < 1.29 is 9.18 Å². The van der Waals surface area contributed by atoms with Gasteiger partial charge in [-0.3, -0.25) is 10.1 Å². The molecular weight excluding hydrogens is 487 g/mol. The maximum absolute atomic E-state index is 14.2. The van der Waals surface area contributed by atoms with Crippen LogP contribution in [0.3, 0.4) is 0 Å². The van der Waals surface area contributed by atoms with Gasteiger partial charge < -0.3 is 5.32 Å². The molecule has 1 amide bonds. The highest BCUT2D eigenvalue weighted by atomic mass is 35.5. The van der Waals surface area contributed by atoms with Crippen LogP contribution in [0.1, 0.15) is 68.2 Å². The quantitative estimate of drug-likeness (QED) is 0.453. The van der Waals surface area contributed by atoms with Crippen LogP contribution in [0.25, 0.3) is 5.69 Å². The van der Waals surface area contributed by atoms with Crippen LogP contribution in [-0.2, 0) is 4.79 Å². The summed E-state index contributed by atoms with van der Waals surface area (Å²) >= 11 is 0. The fraction of sp³-hybridized carbons (Fsp3) is 0.467. The molecule has 37 heavy (non-hydrogen) atoms. The zero-order chi connectivity index (χ0) is 24.3. The Labute approximate surface area is 223 Å². The van der Waals surface area contributed by atoms with Gasteiger partial charge >= 0.3 is 0 Å². The summed E-state index contributed by atoms with van der Waals surface area (Å²) in [5.74, 6) is 2.16. The molecule has 0 radical (unpaired) electrons. The second-order valence-electron chi connectivity index (χ2n) is 11.8. The van der Waals surface area contributed by atoms with E-state index >= 15 is 0 Å². The Hall–Kier alpha value is -2.70. The lowest BCUT2D eigenvalue weighted by molar-refractivity contribution is -0.128.